The fourth-order valence-electron chi connectivity index (χ4n) is 2.11. The van der Waals surface area contributed by atoms with Crippen molar-refractivity contribution in [2.24, 2.45) is 0 Å². The zero-order valence-electron chi connectivity index (χ0n) is 15.0. The van der Waals surface area contributed by atoms with Crippen LogP contribution in [-0.2, 0) is 4.74 Å². The third kappa shape index (κ3) is 5.49. The summed E-state index contributed by atoms with van der Waals surface area (Å²) in [7, 11) is 0. The molecule has 6 nitrogen and oxygen atoms in total. The number of rotatable bonds is 3. The summed E-state index contributed by atoms with van der Waals surface area (Å²) in [6, 6.07) is 9.66. The van der Waals surface area contributed by atoms with E-state index in [0.717, 1.165) is 10.0 Å². The summed E-state index contributed by atoms with van der Waals surface area (Å²) in [6.07, 6.45) is -0.595. The van der Waals surface area contributed by atoms with Gasteiger partial charge in [0.2, 0.25) is 0 Å². The standard InChI is InChI=1S/C19H21BrN2O4/c1-11-5-6-12(9-14(11)22-18(25)26-19(2,3)4)17(24)21-15-10-13(20)7-8-16(15)23/h5-10,23H,1-4H3,(H,21,24)(H,22,25). The molecule has 2 amide bonds. The van der Waals surface area contributed by atoms with Gasteiger partial charge in [0.15, 0.2) is 0 Å². The highest BCUT2D eigenvalue weighted by Crippen LogP contribution is 2.27. The minimum Gasteiger partial charge on any atom is -0.506 e. The number of aryl methyl sites for hydroxylation is 1. The van der Waals surface area contributed by atoms with Crippen LogP contribution in [0.15, 0.2) is 40.9 Å². The number of aromatic hydroxyl groups is 1. The third-order valence-electron chi connectivity index (χ3n) is 3.34. The highest BCUT2D eigenvalue weighted by molar-refractivity contribution is 9.10. The van der Waals surface area contributed by atoms with Gasteiger partial charge >= 0.3 is 6.09 Å². The van der Waals surface area contributed by atoms with E-state index in [4.69, 9.17) is 4.74 Å². The second kappa shape index (κ2) is 7.78. The monoisotopic (exact) mass is 420 g/mol. The van der Waals surface area contributed by atoms with Gasteiger partial charge < -0.3 is 15.2 Å². The predicted octanol–water partition coefficient (Wildman–Crippen LogP) is 5.06. The highest BCUT2D eigenvalue weighted by atomic mass is 79.9. The number of hydrogen-bond donors (Lipinski definition) is 3. The van der Waals surface area contributed by atoms with E-state index >= 15 is 0 Å². The summed E-state index contributed by atoms with van der Waals surface area (Å²) >= 11 is 3.29. The largest absolute Gasteiger partial charge is 0.506 e. The minimum absolute atomic E-state index is 0.0410. The molecule has 3 N–H and O–H groups in total. The Morgan fingerprint density at radius 2 is 1.73 bits per heavy atom. The van der Waals surface area contributed by atoms with E-state index in [0.29, 0.717) is 11.3 Å². The number of phenols is 1. The Morgan fingerprint density at radius 1 is 1.04 bits per heavy atom. The number of amides is 2. The summed E-state index contributed by atoms with van der Waals surface area (Å²) in [5.74, 6) is -0.452. The van der Waals surface area contributed by atoms with Crippen LogP contribution in [-0.4, -0.2) is 22.7 Å². The quantitative estimate of drug-likeness (QED) is 0.605. The number of phenolic OH excluding ortho intramolecular Hbond substituents is 1. The average Bonchev–Trinajstić information content (AvgIpc) is 2.51. The van der Waals surface area contributed by atoms with Crippen LogP contribution in [0.3, 0.4) is 0 Å². The van der Waals surface area contributed by atoms with Gasteiger partial charge in [0, 0.05) is 15.7 Å². The van der Waals surface area contributed by atoms with Crippen molar-refractivity contribution in [2.45, 2.75) is 33.3 Å². The smallest absolute Gasteiger partial charge is 0.412 e. The first-order chi connectivity index (χ1) is 12.0. The molecule has 2 aromatic carbocycles. The van der Waals surface area contributed by atoms with E-state index in [1.54, 1.807) is 51.1 Å². The van der Waals surface area contributed by atoms with Crippen LogP contribution in [0.5, 0.6) is 5.75 Å². The summed E-state index contributed by atoms with van der Waals surface area (Å²) in [5.41, 5.74) is 1.27. The van der Waals surface area contributed by atoms with Crippen LogP contribution in [0, 0.1) is 6.92 Å². The number of ether oxygens (including phenoxy) is 1. The fourth-order valence-corrected chi connectivity index (χ4v) is 2.48. The Balaban J connectivity index is 2.19. The van der Waals surface area contributed by atoms with E-state index in [1.807, 2.05) is 6.92 Å². The third-order valence-corrected chi connectivity index (χ3v) is 3.84. The van der Waals surface area contributed by atoms with Crippen molar-refractivity contribution < 1.29 is 19.4 Å². The number of nitrogens with one attached hydrogen (secondary N) is 2. The first-order valence-electron chi connectivity index (χ1n) is 7.96. The van der Waals surface area contributed by atoms with Gasteiger partial charge in [-0.05, 0) is 63.6 Å². The molecule has 0 unspecified atom stereocenters. The number of carbonyl (C=O) groups is 2. The molecule has 26 heavy (non-hydrogen) atoms. The molecule has 7 heteroatoms. The molecule has 0 atom stereocenters. The lowest BCUT2D eigenvalue weighted by Crippen LogP contribution is -2.27. The first kappa shape index (κ1) is 19.8. The molecule has 0 radical (unpaired) electrons. The average molecular weight is 421 g/mol. The molecular weight excluding hydrogens is 400 g/mol. The molecule has 0 fully saturated rings. The van der Waals surface area contributed by atoms with E-state index < -0.39 is 17.6 Å². The molecule has 0 aliphatic heterocycles. The van der Waals surface area contributed by atoms with Gasteiger partial charge in [-0.25, -0.2) is 4.79 Å². The van der Waals surface area contributed by atoms with Gasteiger partial charge in [0.1, 0.15) is 11.4 Å². The van der Waals surface area contributed by atoms with Crippen LogP contribution < -0.4 is 10.6 Å². The Kier molecular flexibility index (Phi) is 5.92. The second-order valence-corrected chi connectivity index (χ2v) is 7.69. The topological polar surface area (TPSA) is 87.7 Å². The molecule has 0 saturated carbocycles. The Hall–Kier alpha value is -2.54. The maximum Gasteiger partial charge on any atom is 0.412 e. The Bertz CT molecular complexity index is 844. The second-order valence-electron chi connectivity index (χ2n) is 6.77. The van der Waals surface area contributed by atoms with Gasteiger partial charge in [0.05, 0.1) is 5.69 Å². The molecule has 0 heterocycles. The number of carbonyl (C=O) groups excluding carboxylic acids is 2. The number of hydrogen-bond acceptors (Lipinski definition) is 4. The SMILES string of the molecule is Cc1ccc(C(=O)Nc2cc(Br)ccc2O)cc1NC(=O)OC(C)(C)C. The molecular formula is C19H21BrN2O4. The molecule has 0 saturated heterocycles. The van der Waals surface area contributed by atoms with Crippen molar-refractivity contribution >= 4 is 39.3 Å². The lowest BCUT2D eigenvalue weighted by Gasteiger charge is -2.20. The molecule has 0 aliphatic carbocycles. The minimum atomic E-state index is -0.620. The Labute approximate surface area is 160 Å². The molecule has 2 rings (SSSR count). The first-order valence-corrected chi connectivity index (χ1v) is 8.75. The van der Waals surface area contributed by atoms with Gasteiger partial charge in [-0.3, -0.25) is 10.1 Å². The number of anilines is 2. The van der Waals surface area contributed by atoms with E-state index in [-0.39, 0.29) is 11.4 Å². The normalized spacial score (nSPS) is 11.0. The molecule has 2 aromatic rings. The molecule has 0 aromatic heterocycles. The van der Waals surface area contributed by atoms with Crippen molar-refractivity contribution in [2.75, 3.05) is 10.6 Å². The maximum absolute atomic E-state index is 12.5. The van der Waals surface area contributed by atoms with Gasteiger partial charge in [-0.1, -0.05) is 22.0 Å². The molecule has 0 spiro atoms. The summed E-state index contributed by atoms with van der Waals surface area (Å²) in [5, 5.41) is 15.1. The molecule has 138 valence electrons. The van der Waals surface area contributed by atoms with Crippen LogP contribution in [0.1, 0.15) is 36.7 Å². The number of halogens is 1. The molecule has 0 aliphatic rings. The highest BCUT2D eigenvalue weighted by Gasteiger charge is 2.18. The van der Waals surface area contributed by atoms with Crippen LogP contribution in [0.25, 0.3) is 0 Å². The summed E-state index contributed by atoms with van der Waals surface area (Å²) in [6.45, 7) is 7.13. The molecule has 0 bridgehead atoms. The van der Waals surface area contributed by atoms with Crippen molar-refractivity contribution in [1.82, 2.24) is 0 Å². The van der Waals surface area contributed by atoms with Gasteiger partial charge in [-0.15, -0.1) is 0 Å². The van der Waals surface area contributed by atoms with Crippen LogP contribution >= 0.6 is 15.9 Å². The van der Waals surface area contributed by atoms with Gasteiger partial charge in [0.25, 0.3) is 5.91 Å². The van der Waals surface area contributed by atoms with E-state index in [1.165, 1.54) is 6.07 Å². The summed E-state index contributed by atoms with van der Waals surface area (Å²) < 4.78 is 5.96. The lowest BCUT2D eigenvalue weighted by atomic mass is 10.1. The van der Waals surface area contributed by atoms with Crippen molar-refractivity contribution in [3.8, 4) is 5.75 Å². The van der Waals surface area contributed by atoms with Crippen LogP contribution in [0.4, 0.5) is 16.2 Å². The zero-order chi connectivity index (χ0) is 19.5. The van der Waals surface area contributed by atoms with Crippen molar-refractivity contribution in [3.05, 3.63) is 52.0 Å². The maximum atomic E-state index is 12.5. The van der Waals surface area contributed by atoms with E-state index in [2.05, 4.69) is 26.6 Å². The van der Waals surface area contributed by atoms with Crippen LogP contribution in [0.2, 0.25) is 0 Å². The van der Waals surface area contributed by atoms with Crippen molar-refractivity contribution in [3.63, 3.8) is 0 Å². The summed E-state index contributed by atoms with van der Waals surface area (Å²) in [4.78, 5) is 24.4. The fraction of sp³-hybridized carbons (Fsp3) is 0.263. The van der Waals surface area contributed by atoms with E-state index in [9.17, 15) is 14.7 Å². The van der Waals surface area contributed by atoms with Gasteiger partial charge in [-0.2, -0.15) is 0 Å². The Morgan fingerprint density at radius 3 is 2.38 bits per heavy atom. The lowest BCUT2D eigenvalue weighted by molar-refractivity contribution is 0.0635. The predicted molar refractivity (Wildman–Crippen MR) is 105 cm³/mol. The van der Waals surface area contributed by atoms with Crippen molar-refractivity contribution in [1.29, 1.82) is 0 Å². The number of benzene rings is 2. The zero-order valence-corrected chi connectivity index (χ0v) is 16.6.